The van der Waals surface area contributed by atoms with E-state index in [-0.39, 0.29) is 11.7 Å². The van der Waals surface area contributed by atoms with E-state index < -0.39 is 0 Å². The van der Waals surface area contributed by atoms with E-state index in [0.29, 0.717) is 27.8 Å². The molecular weight excluding hydrogens is 376 g/mol. The van der Waals surface area contributed by atoms with E-state index in [9.17, 15) is 9.59 Å². The molecule has 0 saturated heterocycles. The molecule has 2 heterocycles. The number of hydrogen-bond donors (Lipinski definition) is 1. The quantitative estimate of drug-likeness (QED) is 0.501. The molecule has 4 aromatic rings. The SMILES string of the molecule is CC(=O)c1cccc(NC(=O)c2cc(C)nc3c2c(C)nn3-c2ccc(C)cc2)c1. The number of benzene rings is 2. The first-order valence-electron chi connectivity index (χ1n) is 9.70. The third-order valence-electron chi connectivity index (χ3n) is 4.99. The average Bonchev–Trinajstić information content (AvgIpc) is 3.04. The van der Waals surface area contributed by atoms with Gasteiger partial charge >= 0.3 is 0 Å². The van der Waals surface area contributed by atoms with Crippen LogP contribution in [0.2, 0.25) is 0 Å². The van der Waals surface area contributed by atoms with Crippen LogP contribution in [0.3, 0.4) is 0 Å². The molecule has 0 fully saturated rings. The molecule has 6 heteroatoms. The fraction of sp³-hybridized carbons (Fsp3) is 0.167. The smallest absolute Gasteiger partial charge is 0.256 e. The standard InChI is InChI=1S/C24H22N4O2/c1-14-8-10-20(11-9-14)28-23-22(16(3)27-28)21(12-15(2)25-23)24(30)26-19-7-5-6-18(13-19)17(4)29/h5-13H,1-4H3,(H,26,30). The number of carbonyl (C=O) groups excluding carboxylic acids is 2. The van der Waals surface area contributed by atoms with Crippen LogP contribution in [0.4, 0.5) is 5.69 Å². The van der Waals surface area contributed by atoms with E-state index in [1.165, 1.54) is 6.92 Å². The Bertz CT molecular complexity index is 1290. The number of nitrogens with zero attached hydrogens (tertiary/aromatic N) is 3. The van der Waals surface area contributed by atoms with Crippen molar-refractivity contribution in [2.24, 2.45) is 0 Å². The van der Waals surface area contributed by atoms with E-state index in [0.717, 1.165) is 22.6 Å². The molecule has 0 aliphatic rings. The van der Waals surface area contributed by atoms with Crippen LogP contribution in [0.1, 0.15) is 44.6 Å². The van der Waals surface area contributed by atoms with Crippen molar-refractivity contribution in [2.75, 3.05) is 5.32 Å². The van der Waals surface area contributed by atoms with Gasteiger partial charge in [0.2, 0.25) is 0 Å². The van der Waals surface area contributed by atoms with Crippen molar-refractivity contribution in [3.05, 3.63) is 82.7 Å². The zero-order valence-electron chi connectivity index (χ0n) is 17.4. The van der Waals surface area contributed by atoms with E-state index in [4.69, 9.17) is 0 Å². The summed E-state index contributed by atoms with van der Waals surface area (Å²) in [5.74, 6) is -0.318. The number of aromatic nitrogens is 3. The number of amides is 1. The second-order valence-electron chi connectivity index (χ2n) is 7.43. The zero-order valence-corrected chi connectivity index (χ0v) is 17.4. The monoisotopic (exact) mass is 398 g/mol. The van der Waals surface area contributed by atoms with Gasteiger partial charge < -0.3 is 5.32 Å². The van der Waals surface area contributed by atoms with E-state index in [1.54, 1.807) is 35.0 Å². The minimum atomic E-state index is -0.266. The fourth-order valence-electron chi connectivity index (χ4n) is 3.47. The summed E-state index contributed by atoms with van der Waals surface area (Å²) in [6.45, 7) is 7.26. The molecule has 0 aliphatic heterocycles. The number of fused-ring (bicyclic) bond motifs is 1. The number of aryl methyl sites for hydroxylation is 3. The lowest BCUT2D eigenvalue weighted by molar-refractivity contribution is 0.101. The highest BCUT2D eigenvalue weighted by Crippen LogP contribution is 2.26. The molecular formula is C24H22N4O2. The van der Waals surface area contributed by atoms with Gasteiger partial charge in [-0.3, -0.25) is 9.59 Å². The molecule has 0 unspecified atom stereocenters. The number of nitrogens with one attached hydrogen (secondary N) is 1. The maximum atomic E-state index is 13.1. The highest BCUT2D eigenvalue weighted by atomic mass is 16.1. The molecule has 4 rings (SSSR count). The van der Waals surface area contributed by atoms with Crippen molar-refractivity contribution in [1.29, 1.82) is 0 Å². The minimum Gasteiger partial charge on any atom is -0.322 e. The van der Waals surface area contributed by atoms with Gasteiger partial charge in [-0.25, -0.2) is 9.67 Å². The topological polar surface area (TPSA) is 76.9 Å². The molecule has 0 atom stereocenters. The first kappa shape index (κ1) is 19.5. The van der Waals surface area contributed by atoms with Gasteiger partial charge in [0.05, 0.1) is 22.3 Å². The van der Waals surface area contributed by atoms with Crippen molar-refractivity contribution in [3.8, 4) is 5.69 Å². The van der Waals surface area contributed by atoms with Crippen LogP contribution in [0.5, 0.6) is 0 Å². The van der Waals surface area contributed by atoms with Crippen molar-refractivity contribution >= 4 is 28.4 Å². The van der Waals surface area contributed by atoms with Crippen molar-refractivity contribution in [1.82, 2.24) is 14.8 Å². The van der Waals surface area contributed by atoms with Crippen molar-refractivity contribution in [3.63, 3.8) is 0 Å². The summed E-state index contributed by atoms with van der Waals surface area (Å²) in [7, 11) is 0. The molecule has 0 spiro atoms. The van der Waals surface area contributed by atoms with Gasteiger partial charge in [0.15, 0.2) is 11.4 Å². The van der Waals surface area contributed by atoms with Crippen LogP contribution in [-0.4, -0.2) is 26.5 Å². The van der Waals surface area contributed by atoms with Gasteiger partial charge in [0, 0.05) is 16.9 Å². The Kier molecular flexibility index (Phi) is 4.91. The Morgan fingerprint density at radius 2 is 1.70 bits per heavy atom. The van der Waals surface area contributed by atoms with Crippen molar-refractivity contribution in [2.45, 2.75) is 27.7 Å². The molecule has 150 valence electrons. The van der Waals surface area contributed by atoms with Crippen LogP contribution >= 0.6 is 0 Å². The Morgan fingerprint density at radius 1 is 0.967 bits per heavy atom. The highest BCUT2D eigenvalue weighted by Gasteiger charge is 2.20. The molecule has 2 aromatic heterocycles. The number of anilines is 1. The number of rotatable bonds is 4. The molecule has 6 nitrogen and oxygen atoms in total. The minimum absolute atomic E-state index is 0.0523. The fourth-order valence-corrected chi connectivity index (χ4v) is 3.47. The molecule has 30 heavy (non-hydrogen) atoms. The van der Waals surface area contributed by atoms with Gasteiger partial charge in [0.25, 0.3) is 5.91 Å². The first-order valence-corrected chi connectivity index (χ1v) is 9.70. The summed E-state index contributed by atoms with van der Waals surface area (Å²) < 4.78 is 1.77. The average molecular weight is 398 g/mol. The Balaban J connectivity index is 1.79. The Hall–Kier alpha value is -3.80. The third-order valence-corrected chi connectivity index (χ3v) is 4.99. The number of carbonyl (C=O) groups is 2. The van der Waals surface area contributed by atoms with E-state index in [1.807, 2.05) is 45.0 Å². The maximum absolute atomic E-state index is 13.1. The predicted octanol–water partition coefficient (Wildman–Crippen LogP) is 4.80. The Labute approximate surface area is 174 Å². The van der Waals surface area contributed by atoms with Crippen LogP contribution in [-0.2, 0) is 0 Å². The Morgan fingerprint density at radius 3 is 2.40 bits per heavy atom. The predicted molar refractivity (Wildman–Crippen MR) is 117 cm³/mol. The second-order valence-corrected chi connectivity index (χ2v) is 7.43. The molecule has 2 aromatic carbocycles. The van der Waals surface area contributed by atoms with Gasteiger partial charge in [0.1, 0.15) is 0 Å². The number of hydrogen-bond acceptors (Lipinski definition) is 4. The maximum Gasteiger partial charge on any atom is 0.256 e. The molecule has 0 saturated carbocycles. The lowest BCUT2D eigenvalue weighted by Gasteiger charge is -2.09. The summed E-state index contributed by atoms with van der Waals surface area (Å²) in [6.07, 6.45) is 0. The van der Waals surface area contributed by atoms with Crippen LogP contribution in [0.25, 0.3) is 16.7 Å². The van der Waals surface area contributed by atoms with E-state index in [2.05, 4.69) is 15.4 Å². The number of Topliss-reactive ketones (excluding diaryl/α,β-unsaturated/α-hetero) is 1. The van der Waals surface area contributed by atoms with Crippen LogP contribution in [0, 0.1) is 20.8 Å². The lowest BCUT2D eigenvalue weighted by atomic mass is 10.1. The number of ketones is 1. The largest absolute Gasteiger partial charge is 0.322 e. The molecule has 1 amide bonds. The van der Waals surface area contributed by atoms with E-state index >= 15 is 0 Å². The third kappa shape index (κ3) is 3.59. The normalized spacial score (nSPS) is 10.9. The molecule has 0 radical (unpaired) electrons. The van der Waals surface area contributed by atoms with Gasteiger partial charge in [-0.15, -0.1) is 0 Å². The lowest BCUT2D eigenvalue weighted by Crippen LogP contribution is -2.14. The van der Waals surface area contributed by atoms with Gasteiger partial charge in [-0.1, -0.05) is 29.8 Å². The second kappa shape index (κ2) is 7.55. The summed E-state index contributed by atoms with van der Waals surface area (Å²) in [5, 5.41) is 8.26. The molecule has 0 aliphatic carbocycles. The molecule has 1 N–H and O–H groups in total. The van der Waals surface area contributed by atoms with Crippen molar-refractivity contribution < 1.29 is 9.59 Å². The van der Waals surface area contributed by atoms with Gasteiger partial charge in [-0.2, -0.15) is 5.10 Å². The van der Waals surface area contributed by atoms with Gasteiger partial charge in [-0.05, 0) is 58.0 Å². The summed E-state index contributed by atoms with van der Waals surface area (Å²) in [6, 6.07) is 16.7. The van der Waals surface area contributed by atoms with Crippen LogP contribution < -0.4 is 5.32 Å². The zero-order chi connectivity index (χ0) is 21.4. The molecule has 0 bridgehead atoms. The van der Waals surface area contributed by atoms with Crippen LogP contribution in [0.15, 0.2) is 54.6 Å². The summed E-state index contributed by atoms with van der Waals surface area (Å²) in [5.41, 5.74) is 5.74. The summed E-state index contributed by atoms with van der Waals surface area (Å²) in [4.78, 5) is 29.4. The first-order chi connectivity index (χ1) is 14.3. The highest BCUT2D eigenvalue weighted by molar-refractivity contribution is 6.13. The summed E-state index contributed by atoms with van der Waals surface area (Å²) >= 11 is 0. The number of pyridine rings is 1.